The third-order valence-corrected chi connectivity index (χ3v) is 6.39. The largest absolute Gasteiger partial charge is 0.464 e. The van der Waals surface area contributed by atoms with Crippen LogP contribution in [0, 0.1) is 6.92 Å². The lowest BCUT2D eigenvalue weighted by molar-refractivity contribution is -0.0190. The smallest absolute Gasteiger partial charge is 0.213 e. The Kier molecular flexibility index (Phi) is 4.53. The van der Waals surface area contributed by atoms with Crippen molar-refractivity contribution in [3.8, 4) is 16.9 Å². The third-order valence-electron chi connectivity index (χ3n) is 6.39. The lowest BCUT2D eigenvalue weighted by atomic mass is 9.95. The summed E-state index contributed by atoms with van der Waals surface area (Å²) in [7, 11) is 0. The van der Waals surface area contributed by atoms with Crippen LogP contribution in [0.5, 0.6) is 5.75 Å². The fourth-order valence-electron chi connectivity index (χ4n) is 4.65. The first-order chi connectivity index (χ1) is 15.8. The monoisotopic (exact) mass is 416 g/mol. The quantitative estimate of drug-likeness (QED) is 0.363. The highest BCUT2D eigenvalue weighted by atomic mass is 16.5. The van der Waals surface area contributed by atoms with Crippen LogP contribution in [-0.4, -0.2) is 10.7 Å². The van der Waals surface area contributed by atoms with Gasteiger partial charge in [0.1, 0.15) is 5.75 Å². The van der Waals surface area contributed by atoms with Crippen molar-refractivity contribution in [1.82, 2.24) is 5.01 Å². The summed E-state index contributed by atoms with van der Waals surface area (Å²) < 4.78 is 6.50. The Morgan fingerprint density at radius 3 is 2.16 bits per heavy atom. The minimum absolute atomic E-state index is 0.176. The number of ether oxygens (including phenoxy) is 1. The van der Waals surface area contributed by atoms with Gasteiger partial charge in [0.2, 0.25) is 6.23 Å². The van der Waals surface area contributed by atoms with Crippen molar-refractivity contribution in [3.05, 3.63) is 125 Å². The number of hydrogen-bond donors (Lipinski definition) is 0. The Bertz CT molecular complexity index is 1280. The molecule has 2 heterocycles. The molecule has 0 saturated heterocycles. The topological polar surface area (TPSA) is 24.8 Å². The van der Waals surface area contributed by atoms with E-state index in [1.165, 1.54) is 27.8 Å². The molecule has 6 rings (SSSR count). The number of hydrogen-bond acceptors (Lipinski definition) is 3. The number of nitrogens with zero attached hydrogens (tertiary/aromatic N) is 2. The van der Waals surface area contributed by atoms with Crippen molar-refractivity contribution in [2.45, 2.75) is 25.6 Å². The second kappa shape index (κ2) is 7.69. The van der Waals surface area contributed by atoms with E-state index in [0.29, 0.717) is 0 Å². The van der Waals surface area contributed by atoms with E-state index in [2.05, 4.69) is 103 Å². The van der Waals surface area contributed by atoms with Crippen molar-refractivity contribution in [2.75, 3.05) is 0 Å². The van der Waals surface area contributed by atoms with E-state index in [4.69, 9.17) is 9.84 Å². The van der Waals surface area contributed by atoms with Crippen molar-refractivity contribution >= 4 is 5.71 Å². The number of hydrazone groups is 1. The molecule has 156 valence electrons. The number of rotatable bonds is 3. The van der Waals surface area contributed by atoms with Crippen molar-refractivity contribution in [2.24, 2.45) is 5.10 Å². The highest BCUT2D eigenvalue weighted by Crippen LogP contribution is 2.47. The van der Waals surface area contributed by atoms with Gasteiger partial charge in [-0.05, 0) is 29.7 Å². The molecule has 2 unspecified atom stereocenters. The van der Waals surface area contributed by atoms with Gasteiger partial charge in [-0.2, -0.15) is 5.10 Å². The normalized spacial score (nSPS) is 19.0. The van der Waals surface area contributed by atoms with Crippen LogP contribution in [0.2, 0.25) is 0 Å². The van der Waals surface area contributed by atoms with E-state index in [0.717, 1.165) is 23.4 Å². The average molecular weight is 417 g/mol. The van der Waals surface area contributed by atoms with Crippen LogP contribution in [0.15, 0.2) is 108 Å². The molecule has 0 saturated carbocycles. The van der Waals surface area contributed by atoms with Crippen molar-refractivity contribution in [1.29, 1.82) is 0 Å². The van der Waals surface area contributed by atoms with Gasteiger partial charge in [0.25, 0.3) is 0 Å². The first-order valence-corrected chi connectivity index (χ1v) is 11.1. The maximum atomic E-state index is 6.50. The van der Waals surface area contributed by atoms with Gasteiger partial charge in [-0.1, -0.05) is 103 Å². The molecule has 0 aliphatic carbocycles. The highest BCUT2D eigenvalue weighted by Gasteiger charge is 2.40. The van der Waals surface area contributed by atoms with E-state index < -0.39 is 0 Å². The van der Waals surface area contributed by atoms with E-state index in [-0.39, 0.29) is 12.3 Å². The van der Waals surface area contributed by atoms with Crippen LogP contribution >= 0.6 is 0 Å². The van der Waals surface area contributed by atoms with Gasteiger partial charge in [0.15, 0.2) is 0 Å². The molecule has 2 aliphatic heterocycles. The molecular weight excluding hydrogens is 392 g/mol. The zero-order valence-corrected chi connectivity index (χ0v) is 18.0. The Morgan fingerprint density at radius 1 is 0.719 bits per heavy atom. The van der Waals surface area contributed by atoms with Crippen LogP contribution in [0.25, 0.3) is 11.1 Å². The second-order valence-electron chi connectivity index (χ2n) is 8.51. The molecule has 0 radical (unpaired) electrons. The molecule has 0 N–H and O–H groups in total. The molecule has 3 nitrogen and oxygen atoms in total. The van der Waals surface area contributed by atoms with Gasteiger partial charge in [-0.25, -0.2) is 5.01 Å². The Morgan fingerprint density at radius 2 is 1.38 bits per heavy atom. The molecule has 32 heavy (non-hydrogen) atoms. The van der Waals surface area contributed by atoms with Gasteiger partial charge >= 0.3 is 0 Å². The molecule has 0 amide bonds. The van der Waals surface area contributed by atoms with Crippen molar-refractivity contribution < 1.29 is 4.74 Å². The lowest BCUT2D eigenvalue weighted by Crippen LogP contribution is -2.33. The zero-order valence-electron chi connectivity index (χ0n) is 18.0. The predicted octanol–water partition coefficient (Wildman–Crippen LogP) is 6.90. The second-order valence-corrected chi connectivity index (χ2v) is 8.51. The summed E-state index contributed by atoms with van der Waals surface area (Å²) >= 11 is 0. The number of fused-ring (bicyclic) bond motifs is 3. The fourth-order valence-corrected chi connectivity index (χ4v) is 4.65. The van der Waals surface area contributed by atoms with E-state index in [9.17, 15) is 0 Å². The lowest BCUT2D eigenvalue weighted by Gasteiger charge is -2.38. The molecular formula is C29H24N2O. The Balaban J connectivity index is 1.38. The van der Waals surface area contributed by atoms with E-state index in [1.54, 1.807) is 0 Å². The van der Waals surface area contributed by atoms with Gasteiger partial charge in [-0.15, -0.1) is 0 Å². The SMILES string of the molecule is Cc1ccc(C2=NN3C(C2)c2ccccc2OC3c2ccc(-c3ccccc3)cc2)cc1. The predicted molar refractivity (Wildman–Crippen MR) is 129 cm³/mol. The Labute approximate surface area is 188 Å². The molecule has 2 aliphatic rings. The minimum Gasteiger partial charge on any atom is -0.464 e. The summed E-state index contributed by atoms with van der Waals surface area (Å²) in [6.07, 6.45) is 0.629. The van der Waals surface area contributed by atoms with Crippen molar-refractivity contribution in [3.63, 3.8) is 0 Å². The molecule has 3 heteroatoms. The van der Waals surface area contributed by atoms with Gasteiger partial charge < -0.3 is 4.74 Å². The first kappa shape index (κ1) is 18.9. The van der Waals surface area contributed by atoms with Crippen LogP contribution in [0.1, 0.15) is 40.9 Å². The number of aryl methyl sites for hydroxylation is 1. The van der Waals surface area contributed by atoms with E-state index in [1.807, 2.05) is 12.1 Å². The summed E-state index contributed by atoms with van der Waals surface area (Å²) in [6.45, 7) is 2.11. The summed E-state index contributed by atoms with van der Waals surface area (Å²) in [4.78, 5) is 0. The zero-order chi connectivity index (χ0) is 21.5. The molecule has 0 spiro atoms. The highest BCUT2D eigenvalue weighted by molar-refractivity contribution is 6.02. The van der Waals surface area contributed by atoms with Crippen LogP contribution < -0.4 is 4.74 Å². The number of para-hydroxylation sites is 1. The molecule has 0 aromatic heterocycles. The van der Waals surface area contributed by atoms with Gasteiger partial charge in [-0.3, -0.25) is 0 Å². The van der Waals surface area contributed by atoms with Crippen LogP contribution in [0.3, 0.4) is 0 Å². The molecule has 4 aromatic carbocycles. The van der Waals surface area contributed by atoms with Crippen LogP contribution in [-0.2, 0) is 0 Å². The van der Waals surface area contributed by atoms with E-state index >= 15 is 0 Å². The van der Waals surface area contributed by atoms with Gasteiger partial charge in [0.05, 0.1) is 11.8 Å². The summed E-state index contributed by atoms with van der Waals surface area (Å²) in [6, 6.07) is 36.3. The molecule has 2 atom stereocenters. The maximum absolute atomic E-state index is 6.50. The minimum atomic E-state index is -0.248. The molecule has 0 fully saturated rings. The summed E-state index contributed by atoms with van der Waals surface area (Å²) in [5.74, 6) is 0.950. The number of benzene rings is 4. The Hall–Kier alpha value is -3.85. The third kappa shape index (κ3) is 3.27. The summed E-state index contributed by atoms with van der Waals surface area (Å²) in [5.41, 5.74) is 8.28. The molecule has 4 aromatic rings. The maximum Gasteiger partial charge on any atom is 0.213 e. The first-order valence-electron chi connectivity index (χ1n) is 11.1. The molecule has 0 bridgehead atoms. The fraction of sp³-hybridized carbons (Fsp3) is 0.138. The van der Waals surface area contributed by atoms with Gasteiger partial charge in [0, 0.05) is 17.5 Å². The summed E-state index contributed by atoms with van der Waals surface area (Å²) in [5, 5.41) is 7.22. The average Bonchev–Trinajstić information content (AvgIpc) is 3.30. The van der Waals surface area contributed by atoms with Crippen LogP contribution in [0.4, 0.5) is 0 Å². The standard InChI is InChI=1S/C29H24N2O/c1-20-11-13-23(14-12-20)26-19-27-25-9-5-6-10-28(25)32-29(31(27)30-26)24-17-15-22(16-18-24)21-7-3-2-4-8-21/h2-18,27,29H,19H2,1H3.